The fraction of sp³-hybridized carbons (Fsp3) is 0.200. The summed E-state index contributed by atoms with van der Waals surface area (Å²) in [5.41, 5.74) is 2.08. The third-order valence-corrected chi connectivity index (χ3v) is 3.84. The van der Waals surface area contributed by atoms with E-state index in [-0.39, 0.29) is 6.42 Å². The number of aryl methyl sites for hydroxylation is 1. The Labute approximate surface area is 95.0 Å². The van der Waals surface area contributed by atoms with Crippen molar-refractivity contribution in [3.05, 3.63) is 27.4 Å². The SMILES string of the molecule is Cc1ccsc1-c1csc(CC(=O)O)n1. The minimum absolute atomic E-state index is 0.00902. The van der Waals surface area contributed by atoms with E-state index >= 15 is 0 Å². The summed E-state index contributed by atoms with van der Waals surface area (Å²) in [6, 6.07) is 2.04. The predicted octanol–water partition coefficient (Wildman–Crippen LogP) is 2.81. The molecule has 3 nitrogen and oxygen atoms in total. The number of rotatable bonds is 3. The molecule has 5 heteroatoms. The molecule has 0 aliphatic heterocycles. The number of thiazole rings is 1. The van der Waals surface area contributed by atoms with Crippen molar-refractivity contribution in [2.45, 2.75) is 13.3 Å². The maximum Gasteiger partial charge on any atom is 0.310 e. The summed E-state index contributed by atoms with van der Waals surface area (Å²) < 4.78 is 0. The highest BCUT2D eigenvalue weighted by atomic mass is 32.1. The number of hydrogen-bond acceptors (Lipinski definition) is 4. The lowest BCUT2D eigenvalue weighted by molar-refractivity contribution is -0.136. The van der Waals surface area contributed by atoms with Crippen LogP contribution in [0.1, 0.15) is 10.6 Å². The third-order valence-electron chi connectivity index (χ3n) is 1.95. The molecule has 0 radical (unpaired) electrons. The Morgan fingerprint density at radius 2 is 2.33 bits per heavy atom. The van der Waals surface area contributed by atoms with Crippen LogP contribution in [0.3, 0.4) is 0 Å². The smallest absolute Gasteiger partial charge is 0.310 e. The summed E-state index contributed by atoms with van der Waals surface area (Å²) in [4.78, 5) is 15.9. The Kier molecular flexibility index (Phi) is 2.83. The number of nitrogens with zero attached hydrogens (tertiary/aromatic N) is 1. The molecule has 0 unspecified atom stereocenters. The van der Waals surface area contributed by atoms with Gasteiger partial charge in [-0.25, -0.2) is 4.98 Å². The lowest BCUT2D eigenvalue weighted by atomic mass is 10.2. The highest BCUT2D eigenvalue weighted by Crippen LogP contribution is 2.29. The summed E-state index contributed by atoms with van der Waals surface area (Å²) in [5, 5.41) is 13.2. The van der Waals surface area contributed by atoms with Crippen LogP contribution in [0.5, 0.6) is 0 Å². The molecule has 2 aromatic heterocycles. The van der Waals surface area contributed by atoms with Gasteiger partial charge in [-0.2, -0.15) is 0 Å². The minimum atomic E-state index is -0.834. The van der Waals surface area contributed by atoms with Crippen molar-refractivity contribution in [3.8, 4) is 10.6 Å². The van der Waals surface area contributed by atoms with Gasteiger partial charge in [0.05, 0.1) is 17.0 Å². The topological polar surface area (TPSA) is 50.2 Å². The number of aromatic nitrogens is 1. The van der Waals surface area contributed by atoms with Crippen LogP contribution >= 0.6 is 22.7 Å². The van der Waals surface area contributed by atoms with Crippen molar-refractivity contribution in [2.24, 2.45) is 0 Å². The zero-order chi connectivity index (χ0) is 10.8. The molecule has 0 amide bonds. The first-order valence-corrected chi connectivity index (χ1v) is 6.13. The first kappa shape index (κ1) is 10.3. The Morgan fingerprint density at radius 3 is 2.93 bits per heavy atom. The Hall–Kier alpha value is -1.20. The van der Waals surface area contributed by atoms with Gasteiger partial charge in [0.25, 0.3) is 0 Å². The number of carbonyl (C=O) groups is 1. The summed E-state index contributed by atoms with van der Waals surface area (Å²) in [5.74, 6) is -0.834. The lowest BCUT2D eigenvalue weighted by Gasteiger charge is -1.92. The Morgan fingerprint density at radius 1 is 1.53 bits per heavy atom. The first-order valence-electron chi connectivity index (χ1n) is 4.37. The Bertz CT molecular complexity index is 487. The van der Waals surface area contributed by atoms with Crippen molar-refractivity contribution in [1.82, 2.24) is 4.98 Å². The molecule has 0 aliphatic rings. The van der Waals surface area contributed by atoms with E-state index in [1.54, 1.807) is 11.3 Å². The van der Waals surface area contributed by atoms with Crippen LogP contribution in [0.25, 0.3) is 10.6 Å². The number of aliphatic carboxylic acids is 1. The number of thiophene rings is 1. The number of hydrogen-bond donors (Lipinski definition) is 1. The normalized spacial score (nSPS) is 10.5. The van der Waals surface area contributed by atoms with Gasteiger partial charge in [0, 0.05) is 5.38 Å². The van der Waals surface area contributed by atoms with Crippen LogP contribution < -0.4 is 0 Å². The minimum Gasteiger partial charge on any atom is -0.481 e. The first-order chi connectivity index (χ1) is 7.16. The van der Waals surface area contributed by atoms with E-state index in [1.807, 2.05) is 23.8 Å². The average molecular weight is 239 g/mol. The molecule has 0 aromatic carbocycles. The molecule has 2 heterocycles. The summed E-state index contributed by atoms with van der Waals surface area (Å²) in [7, 11) is 0. The van der Waals surface area contributed by atoms with Gasteiger partial charge in [-0.1, -0.05) is 0 Å². The highest BCUT2D eigenvalue weighted by molar-refractivity contribution is 7.14. The third kappa shape index (κ3) is 2.24. The fourth-order valence-electron chi connectivity index (χ4n) is 1.26. The molecular weight excluding hydrogens is 230 g/mol. The van der Waals surface area contributed by atoms with Crippen LogP contribution in [0.4, 0.5) is 0 Å². The zero-order valence-corrected chi connectivity index (χ0v) is 9.69. The van der Waals surface area contributed by atoms with Gasteiger partial charge in [-0.15, -0.1) is 22.7 Å². The van der Waals surface area contributed by atoms with Gasteiger partial charge in [0.2, 0.25) is 0 Å². The van der Waals surface area contributed by atoms with E-state index in [0.29, 0.717) is 5.01 Å². The van der Waals surface area contributed by atoms with E-state index < -0.39 is 5.97 Å². The molecule has 15 heavy (non-hydrogen) atoms. The largest absolute Gasteiger partial charge is 0.481 e. The van der Waals surface area contributed by atoms with Gasteiger partial charge in [-0.05, 0) is 23.9 Å². The lowest BCUT2D eigenvalue weighted by Crippen LogP contribution is -1.98. The molecule has 0 saturated heterocycles. The maximum atomic E-state index is 10.5. The molecule has 2 rings (SSSR count). The second-order valence-electron chi connectivity index (χ2n) is 3.13. The van der Waals surface area contributed by atoms with Crippen molar-refractivity contribution in [2.75, 3.05) is 0 Å². The molecule has 0 fully saturated rings. The number of carboxylic acids is 1. The van der Waals surface area contributed by atoms with E-state index in [4.69, 9.17) is 5.11 Å². The van der Waals surface area contributed by atoms with Gasteiger partial charge in [-0.3, -0.25) is 4.79 Å². The number of carboxylic acid groups (broad SMARTS) is 1. The Balaban J connectivity index is 2.28. The quantitative estimate of drug-likeness (QED) is 0.896. The molecule has 78 valence electrons. The van der Waals surface area contributed by atoms with Crippen molar-refractivity contribution >= 4 is 28.6 Å². The van der Waals surface area contributed by atoms with Crippen LogP contribution in [-0.2, 0) is 11.2 Å². The van der Waals surface area contributed by atoms with E-state index in [0.717, 1.165) is 10.6 Å². The van der Waals surface area contributed by atoms with Gasteiger partial charge >= 0.3 is 5.97 Å². The van der Waals surface area contributed by atoms with Crippen molar-refractivity contribution in [1.29, 1.82) is 0 Å². The fourth-order valence-corrected chi connectivity index (χ4v) is 3.00. The predicted molar refractivity (Wildman–Crippen MR) is 61.5 cm³/mol. The van der Waals surface area contributed by atoms with Gasteiger partial charge < -0.3 is 5.11 Å². The zero-order valence-electron chi connectivity index (χ0n) is 8.06. The van der Waals surface area contributed by atoms with E-state index in [2.05, 4.69) is 4.98 Å². The van der Waals surface area contributed by atoms with Crippen molar-refractivity contribution < 1.29 is 9.90 Å². The molecule has 0 bridgehead atoms. The summed E-state index contributed by atoms with van der Waals surface area (Å²) >= 11 is 3.03. The second kappa shape index (κ2) is 4.12. The molecule has 2 aromatic rings. The molecule has 0 spiro atoms. The molecular formula is C10H9NO2S2. The molecule has 1 N–H and O–H groups in total. The van der Waals surface area contributed by atoms with Gasteiger partial charge in [0.15, 0.2) is 0 Å². The highest BCUT2D eigenvalue weighted by Gasteiger charge is 2.10. The van der Waals surface area contributed by atoms with Gasteiger partial charge in [0.1, 0.15) is 5.01 Å². The van der Waals surface area contributed by atoms with Crippen LogP contribution in [0.2, 0.25) is 0 Å². The van der Waals surface area contributed by atoms with Crippen LogP contribution in [0.15, 0.2) is 16.8 Å². The standard InChI is InChI=1S/C10H9NO2S2/c1-6-2-3-14-10(6)7-5-15-8(11-7)4-9(12)13/h2-3,5H,4H2,1H3,(H,12,13). The van der Waals surface area contributed by atoms with Crippen LogP contribution in [0, 0.1) is 6.92 Å². The van der Waals surface area contributed by atoms with Crippen LogP contribution in [-0.4, -0.2) is 16.1 Å². The van der Waals surface area contributed by atoms with Crippen molar-refractivity contribution in [3.63, 3.8) is 0 Å². The molecule has 0 atom stereocenters. The van der Waals surface area contributed by atoms with E-state index in [1.165, 1.54) is 16.9 Å². The second-order valence-corrected chi connectivity index (χ2v) is 4.99. The summed E-state index contributed by atoms with van der Waals surface area (Å²) in [6.45, 7) is 2.03. The molecule has 0 aliphatic carbocycles. The average Bonchev–Trinajstić information content (AvgIpc) is 2.72. The molecule has 0 saturated carbocycles. The maximum absolute atomic E-state index is 10.5. The summed E-state index contributed by atoms with van der Waals surface area (Å²) in [6.07, 6.45) is 0.00902. The monoisotopic (exact) mass is 239 g/mol. The van der Waals surface area contributed by atoms with E-state index in [9.17, 15) is 4.79 Å².